The van der Waals surface area contributed by atoms with Crippen LogP contribution in [0.15, 0.2) is 29.5 Å². The van der Waals surface area contributed by atoms with Crippen molar-refractivity contribution in [2.75, 3.05) is 69.7 Å². The minimum Gasteiger partial charge on any atom is -0.466 e. The van der Waals surface area contributed by atoms with Crippen molar-refractivity contribution in [3.8, 4) is 0 Å². The molecule has 0 atom stereocenters. The van der Waals surface area contributed by atoms with Crippen LogP contribution in [0, 0.1) is 0 Å². The van der Waals surface area contributed by atoms with Crippen LogP contribution in [-0.4, -0.2) is 86.3 Å². The monoisotopic (exact) mass is 422 g/mol. The highest BCUT2D eigenvalue weighted by Gasteiger charge is 2.35. The number of esters is 1. The highest BCUT2D eigenvalue weighted by Crippen LogP contribution is 2.36. The number of piperazine rings is 1. The molecule has 3 rings (SSSR count). The molecule has 29 heavy (non-hydrogen) atoms. The van der Waals surface area contributed by atoms with E-state index in [1.165, 1.54) is 12.0 Å². The van der Waals surface area contributed by atoms with E-state index in [1.54, 1.807) is 6.07 Å². The number of carbonyl (C=O) groups is 2. The number of nitrogens with zero attached hydrogens (tertiary/aromatic N) is 3. The Labute approximate surface area is 175 Å². The lowest BCUT2D eigenvalue weighted by Gasteiger charge is -2.37. The Bertz CT molecular complexity index is 806. The van der Waals surface area contributed by atoms with Gasteiger partial charge in [-0.2, -0.15) is 0 Å². The average Bonchev–Trinajstić information content (AvgIpc) is 3.04. The van der Waals surface area contributed by atoms with Gasteiger partial charge in [-0.25, -0.2) is 4.79 Å². The standard InChI is InChI=1S/C20H27ClN4O4/c1-3-23-7-9-24(10-8-23)18-15(21)5-4-6-16(18)22-17-14(20(28)29-2)13-25(11-12-26)19(17)27/h4-6,22,26H,3,7-13H2,1-2H3. The second-order valence-electron chi connectivity index (χ2n) is 6.98. The van der Waals surface area contributed by atoms with E-state index in [-0.39, 0.29) is 36.9 Å². The number of nitrogens with one attached hydrogen (secondary N) is 1. The first-order valence-electron chi connectivity index (χ1n) is 9.74. The molecule has 1 saturated heterocycles. The lowest BCUT2D eigenvalue weighted by molar-refractivity contribution is -0.136. The zero-order chi connectivity index (χ0) is 21.0. The summed E-state index contributed by atoms with van der Waals surface area (Å²) in [5.74, 6) is -0.914. The third kappa shape index (κ3) is 4.49. The van der Waals surface area contributed by atoms with Gasteiger partial charge in [0, 0.05) is 32.7 Å². The van der Waals surface area contributed by atoms with Crippen LogP contribution in [0.2, 0.25) is 5.02 Å². The van der Waals surface area contributed by atoms with Crippen LogP contribution in [0.5, 0.6) is 0 Å². The minimum absolute atomic E-state index is 0.0967. The van der Waals surface area contributed by atoms with Gasteiger partial charge in [-0.1, -0.05) is 24.6 Å². The highest BCUT2D eigenvalue weighted by molar-refractivity contribution is 6.34. The molecule has 1 aromatic carbocycles. The van der Waals surface area contributed by atoms with Crippen molar-refractivity contribution in [3.05, 3.63) is 34.5 Å². The van der Waals surface area contributed by atoms with Gasteiger partial charge in [0.1, 0.15) is 5.70 Å². The maximum absolute atomic E-state index is 12.8. The molecule has 158 valence electrons. The quantitative estimate of drug-likeness (QED) is 0.637. The van der Waals surface area contributed by atoms with Crippen LogP contribution >= 0.6 is 11.6 Å². The Morgan fingerprint density at radius 3 is 2.62 bits per heavy atom. The Balaban J connectivity index is 1.91. The smallest absolute Gasteiger partial charge is 0.337 e. The van der Waals surface area contributed by atoms with Gasteiger partial charge in [-0.05, 0) is 18.7 Å². The van der Waals surface area contributed by atoms with E-state index in [0.29, 0.717) is 10.7 Å². The molecule has 0 aromatic heterocycles. The average molecular weight is 423 g/mol. The highest BCUT2D eigenvalue weighted by atomic mass is 35.5. The summed E-state index contributed by atoms with van der Waals surface area (Å²) in [6.45, 7) is 6.71. The van der Waals surface area contributed by atoms with E-state index >= 15 is 0 Å². The second kappa shape index (κ2) is 9.47. The van der Waals surface area contributed by atoms with Crippen molar-refractivity contribution in [2.24, 2.45) is 0 Å². The maximum Gasteiger partial charge on any atom is 0.337 e. The molecule has 8 nitrogen and oxygen atoms in total. The minimum atomic E-state index is -0.568. The number of para-hydroxylation sites is 1. The summed E-state index contributed by atoms with van der Waals surface area (Å²) in [5.41, 5.74) is 1.89. The maximum atomic E-state index is 12.8. The summed E-state index contributed by atoms with van der Waals surface area (Å²) in [6, 6.07) is 5.47. The van der Waals surface area contributed by atoms with Gasteiger partial charge < -0.3 is 29.9 Å². The summed E-state index contributed by atoms with van der Waals surface area (Å²) in [6.07, 6.45) is 0. The molecule has 1 amide bonds. The van der Waals surface area contributed by atoms with Crippen LogP contribution in [0.1, 0.15) is 6.92 Å². The first kappa shape index (κ1) is 21.4. The molecule has 0 saturated carbocycles. The number of ether oxygens (including phenoxy) is 1. The van der Waals surface area contributed by atoms with E-state index in [0.717, 1.165) is 38.4 Å². The lowest BCUT2D eigenvalue weighted by Crippen LogP contribution is -2.46. The lowest BCUT2D eigenvalue weighted by atomic mass is 10.1. The largest absolute Gasteiger partial charge is 0.466 e. The van der Waals surface area contributed by atoms with Crippen LogP contribution in [0.3, 0.4) is 0 Å². The third-order valence-corrected chi connectivity index (χ3v) is 5.64. The number of aliphatic hydroxyl groups excluding tert-OH is 1. The number of β-amino-alcohol motifs (C(OH)–C–C–N with tert-alkyl or cyclic N) is 1. The number of anilines is 2. The fourth-order valence-electron chi connectivity index (χ4n) is 3.71. The summed E-state index contributed by atoms with van der Waals surface area (Å²) in [7, 11) is 1.28. The first-order chi connectivity index (χ1) is 14.0. The zero-order valence-electron chi connectivity index (χ0n) is 16.8. The number of amides is 1. The number of rotatable bonds is 7. The fourth-order valence-corrected chi connectivity index (χ4v) is 4.00. The molecule has 2 N–H and O–H groups in total. The first-order valence-corrected chi connectivity index (χ1v) is 10.1. The van der Waals surface area contributed by atoms with Crippen molar-refractivity contribution in [3.63, 3.8) is 0 Å². The molecular formula is C20H27ClN4O4. The fraction of sp³-hybridized carbons (Fsp3) is 0.500. The van der Waals surface area contributed by atoms with Gasteiger partial charge in [-0.3, -0.25) is 4.79 Å². The number of aliphatic hydroxyl groups is 1. The molecule has 2 heterocycles. The number of halogens is 1. The summed E-state index contributed by atoms with van der Waals surface area (Å²) >= 11 is 6.53. The van der Waals surface area contributed by atoms with Crippen LogP contribution in [0.25, 0.3) is 0 Å². The Hall–Kier alpha value is -2.29. The molecule has 0 bridgehead atoms. The Morgan fingerprint density at radius 2 is 2.00 bits per heavy atom. The predicted octanol–water partition coefficient (Wildman–Crippen LogP) is 1.16. The van der Waals surface area contributed by atoms with Gasteiger partial charge in [0.15, 0.2) is 0 Å². The summed E-state index contributed by atoms with van der Waals surface area (Å²) < 4.78 is 4.85. The Kier molecular flexibility index (Phi) is 7.00. The summed E-state index contributed by atoms with van der Waals surface area (Å²) in [4.78, 5) is 31.0. The van der Waals surface area contributed by atoms with Gasteiger partial charge in [0.05, 0.1) is 42.2 Å². The van der Waals surface area contributed by atoms with Crippen molar-refractivity contribution >= 4 is 34.9 Å². The number of benzene rings is 1. The van der Waals surface area contributed by atoms with Crippen LogP contribution in [0.4, 0.5) is 11.4 Å². The van der Waals surface area contributed by atoms with E-state index in [9.17, 15) is 14.7 Å². The molecular weight excluding hydrogens is 396 g/mol. The molecule has 0 spiro atoms. The normalized spacial score (nSPS) is 17.9. The van der Waals surface area contributed by atoms with Gasteiger partial charge >= 0.3 is 5.97 Å². The molecule has 0 aliphatic carbocycles. The zero-order valence-corrected chi connectivity index (χ0v) is 17.5. The van der Waals surface area contributed by atoms with Crippen molar-refractivity contribution < 1.29 is 19.4 Å². The SMILES string of the molecule is CCN1CCN(c2c(Cl)cccc2NC2=C(C(=O)OC)CN(CCO)C2=O)CC1. The van der Waals surface area contributed by atoms with Crippen LogP contribution < -0.4 is 10.2 Å². The van der Waals surface area contributed by atoms with E-state index in [2.05, 4.69) is 22.0 Å². The van der Waals surface area contributed by atoms with E-state index < -0.39 is 5.97 Å². The number of likely N-dealkylation sites (N-methyl/N-ethyl adjacent to an activating group) is 1. The summed E-state index contributed by atoms with van der Waals surface area (Å²) in [5, 5.41) is 12.9. The van der Waals surface area contributed by atoms with Gasteiger partial charge in [-0.15, -0.1) is 0 Å². The topological polar surface area (TPSA) is 85.3 Å². The van der Waals surface area contributed by atoms with Gasteiger partial charge in [0.2, 0.25) is 0 Å². The third-order valence-electron chi connectivity index (χ3n) is 5.34. The number of carbonyl (C=O) groups excluding carboxylic acids is 2. The van der Waals surface area contributed by atoms with Crippen molar-refractivity contribution in [2.45, 2.75) is 6.92 Å². The number of hydrogen-bond donors (Lipinski definition) is 2. The molecule has 0 unspecified atom stereocenters. The molecule has 1 fully saturated rings. The number of methoxy groups -OCH3 is 1. The Morgan fingerprint density at radius 1 is 1.28 bits per heavy atom. The van der Waals surface area contributed by atoms with E-state index in [1.807, 2.05) is 12.1 Å². The molecule has 0 radical (unpaired) electrons. The van der Waals surface area contributed by atoms with Gasteiger partial charge in [0.25, 0.3) is 5.91 Å². The number of hydrogen-bond acceptors (Lipinski definition) is 7. The molecule has 2 aliphatic heterocycles. The molecule has 1 aromatic rings. The predicted molar refractivity (Wildman–Crippen MR) is 112 cm³/mol. The van der Waals surface area contributed by atoms with Crippen LogP contribution in [-0.2, 0) is 14.3 Å². The molecule has 2 aliphatic rings. The van der Waals surface area contributed by atoms with E-state index in [4.69, 9.17) is 16.3 Å². The molecule has 9 heteroatoms. The van der Waals surface area contributed by atoms with Crippen molar-refractivity contribution in [1.82, 2.24) is 9.80 Å². The van der Waals surface area contributed by atoms with Crippen molar-refractivity contribution in [1.29, 1.82) is 0 Å². The second-order valence-corrected chi connectivity index (χ2v) is 7.38.